The number of pyridine rings is 2. The van der Waals surface area contributed by atoms with Crippen LogP contribution in [0.1, 0.15) is 12.8 Å². The third-order valence-corrected chi connectivity index (χ3v) is 3.61. The molecule has 0 aromatic carbocycles. The van der Waals surface area contributed by atoms with Crippen LogP contribution in [0.5, 0.6) is 5.75 Å². The molecule has 0 spiro atoms. The quantitative estimate of drug-likeness (QED) is 0.872. The summed E-state index contributed by atoms with van der Waals surface area (Å²) in [5, 5.41) is 0.302. The van der Waals surface area contributed by atoms with E-state index in [9.17, 15) is 4.39 Å². The molecule has 1 aliphatic heterocycles. The van der Waals surface area contributed by atoms with Crippen LogP contribution < -0.4 is 9.64 Å². The van der Waals surface area contributed by atoms with Gasteiger partial charge in [-0.15, -0.1) is 0 Å². The van der Waals surface area contributed by atoms with E-state index in [0.717, 1.165) is 25.1 Å². The fourth-order valence-electron chi connectivity index (χ4n) is 2.48. The van der Waals surface area contributed by atoms with Crippen molar-refractivity contribution in [3.8, 4) is 5.75 Å². The molecule has 0 aliphatic carbocycles. The summed E-state index contributed by atoms with van der Waals surface area (Å²) >= 11 is 5.74. The van der Waals surface area contributed by atoms with Crippen molar-refractivity contribution in [1.82, 2.24) is 9.97 Å². The van der Waals surface area contributed by atoms with Gasteiger partial charge in [-0.05, 0) is 31.0 Å². The molecule has 2 aromatic rings. The first-order chi connectivity index (χ1) is 10.2. The van der Waals surface area contributed by atoms with Crippen LogP contribution in [0.2, 0.25) is 5.02 Å². The lowest BCUT2D eigenvalue weighted by molar-refractivity contribution is 0.178. The molecular formula is C15H15ClFN3O. The lowest BCUT2D eigenvalue weighted by Crippen LogP contribution is -2.42. The topological polar surface area (TPSA) is 38.2 Å². The number of ether oxygens (including phenoxy) is 1. The number of nitrogens with zero attached hydrogens (tertiary/aromatic N) is 3. The zero-order chi connectivity index (χ0) is 14.7. The number of anilines is 1. The lowest BCUT2D eigenvalue weighted by Gasteiger charge is -2.33. The van der Waals surface area contributed by atoms with Gasteiger partial charge in [0.15, 0.2) is 11.6 Å². The van der Waals surface area contributed by atoms with Crippen LogP contribution in [0.15, 0.2) is 36.8 Å². The highest BCUT2D eigenvalue weighted by Gasteiger charge is 2.24. The van der Waals surface area contributed by atoms with Gasteiger partial charge in [0.1, 0.15) is 11.9 Å². The van der Waals surface area contributed by atoms with Gasteiger partial charge in [0.05, 0.1) is 17.8 Å². The van der Waals surface area contributed by atoms with E-state index in [1.165, 1.54) is 12.3 Å². The van der Waals surface area contributed by atoms with Crippen LogP contribution >= 0.6 is 11.6 Å². The standard InChI is InChI=1S/C15H15ClFN3O/c16-11-7-14(17)15(19-8-11)20-6-2-4-13(10-20)21-12-3-1-5-18-9-12/h1,3,5,7-9,13H,2,4,6,10H2. The molecule has 1 fully saturated rings. The Kier molecular flexibility index (Phi) is 4.20. The summed E-state index contributed by atoms with van der Waals surface area (Å²) in [5.74, 6) is 0.664. The van der Waals surface area contributed by atoms with Crippen molar-refractivity contribution in [3.05, 3.63) is 47.6 Å². The van der Waals surface area contributed by atoms with Crippen LogP contribution in [-0.2, 0) is 0 Å². The average Bonchev–Trinajstić information content (AvgIpc) is 2.48. The van der Waals surface area contributed by atoms with Crippen molar-refractivity contribution in [2.75, 3.05) is 18.0 Å². The van der Waals surface area contributed by atoms with Gasteiger partial charge in [-0.3, -0.25) is 4.98 Å². The summed E-state index contributed by atoms with van der Waals surface area (Å²) in [6.07, 6.45) is 6.70. The van der Waals surface area contributed by atoms with Crippen LogP contribution in [-0.4, -0.2) is 29.2 Å². The number of rotatable bonds is 3. The van der Waals surface area contributed by atoms with Crippen LogP contribution in [0.25, 0.3) is 0 Å². The molecule has 1 unspecified atom stereocenters. The summed E-state index contributed by atoms with van der Waals surface area (Å²) < 4.78 is 19.8. The highest BCUT2D eigenvalue weighted by molar-refractivity contribution is 6.30. The molecule has 0 N–H and O–H groups in total. The minimum atomic E-state index is -0.399. The van der Waals surface area contributed by atoms with E-state index in [2.05, 4.69) is 9.97 Å². The second kappa shape index (κ2) is 6.26. The molecule has 1 saturated heterocycles. The number of piperidine rings is 1. The molecule has 6 heteroatoms. The Labute approximate surface area is 127 Å². The molecule has 0 saturated carbocycles. The molecule has 4 nitrogen and oxygen atoms in total. The fraction of sp³-hybridized carbons (Fsp3) is 0.333. The first-order valence-corrected chi connectivity index (χ1v) is 7.23. The van der Waals surface area contributed by atoms with Gasteiger partial charge < -0.3 is 9.64 Å². The predicted molar refractivity (Wildman–Crippen MR) is 79.3 cm³/mol. The summed E-state index contributed by atoms with van der Waals surface area (Å²) in [6, 6.07) is 4.99. The van der Waals surface area contributed by atoms with Crippen molar-refractivity contribution >= 4 is 17.4 Å². The third-order valence-electron chi connectivity index (χ3n) is 3.40. The molecule has 110 valence electrons. The van der Waals surface area contributed by atoms with E-state index in [4.69, 9.17) is 16.3 Å². The maximum absolute atomic E-state index is 13.9. The van der Waals surface area contributed by atoms with Gasteiger partial charge in [-0.1, -0.05) is 11.6 Å². The summed E-state index contributed by atoms with van der Waals surface area (Å²) in [5.41, 5.74) is 0. The van der Waals surface area contributed by atoms with Crippen molar-refractivity contribution in [3.63, 3.8) is 0 Å². The first-order valence-electron chi connectivity index (χ1n) is 6.85. The summed E-state index contributed by atoms with van der Waals surface area (Å²) in [4.78, 5) is 10.0. The van der Waals surface area contributed by atoms with Gasteiger partial charge in [0.2, 0.25) is 0 Å². The molecule has 21 heavy (non-hydrogen) atoms. The van der Waals surface area contributed by atoms with Gasteiger partial charge in [0, 0.05) is 18.9 Å². The predicted octanol–water partition coefficient (Wildman–Crippen LogP) is 3.32. The Morgan fingerprint density at radius 1 is 1.38 bits per heavy atom. The highest BCUT2D eigenvalue weighted by atomic mass is 35.5. The monoisotopic (exact) mass is 307 g/mol. The number of hydrogen-bond donors (Lipinski definition) is 0. The van der Waals surface area contributed by atoms with E-state index in [1.807, 2.05) is 17.0 Å². The number of halogens is 2. The molecule has 1 aliphatic rings. The number of hydrogen-bond acceptors (Lipinski definition) is 4. The van der Waals surface area contributed by atoms with Gasteiger partial charge >= 0.3 is 0 Å². The van der Waals surface area contributed by atoms with E-state index >= 15 is 0 Å². The Bertz CT molecular complexity index is 611. The van der Waals surface area contributed by atoms with Crippen molar-refractivity contribution < 1.29 is 9.13 Å². The Morgan fingerprint density at radius 3 is 3.05 bits per heavy atom. The van der Waals surface area contributed by atoms with Gasteiger partial charge in [-0.2, -0.15) is 0 Å². The van der Waals surface area contributed by atoms with Crippen molar-refractivity contribution in [2.45, 2.75) is 18.9 Å². The Hall–Kier alpha value is -1.88. The summed E-state index contributed by atoms with van der Waals surface area (Å²) in [6.45, 7) is 1.36. The minimum absolute atomic E-state index is 0.000159. The smallest absolute Gasteiger partial charge is 0.167 e. The maximum Gasteiger partial charge on any atom is 0.167 e. The van der Waals surface area contributed by atoms with Crippen LogP contribution in [0.3, 0.4) is 0 Å². The molecule has 0 radical (unpaired) electrons. The third kappa shape index (κ3) is 3.42. The zero-order valence-corrected chi connectivity index (χ0v) is 12.1. The zero-order valence-electron chi connectivity index (χ0n) is 11.4. The van der Waals surface area contributed by atoms with Crippen LogP contribution in [0, 0.1) is 5.82 Å². The number of aromatic nitrogens is 2. The van der Waals surface area contributed by atoms with E-state index in [1.54, 1.807) is 12.4 Å². The molecule has 1 atom stereocenters. The normalized spacial score (nSPS) is 18.6. The first kappa shape index (κ1) is 14.1. The molecule has 0 bridgehead atoms. The second-order valence-electron chi connectivity index (χ2n) is 4.98. The molecular weight excluding hydrogens is 293 g/mol. The van der Waals surface area contributed by atoms with E-state index < -0.39 is 5.82 Å². The maximum atomic E-state index is 13.9. The fourth-order valence-corrected chi connectivity index (χ4v) is 2.62. The van der Waals surface area contributed by atoms with Crippen molar-refractivity contribution in [1.29, 1.82) is 0 Å². The Morgan fingerprint density at radius 2 is 2.29 bits per heavy atom. The lowest BCUT2D eigenvalue weighted by atomic mass is 10.1. The molecule has 3 heterocycles. The molecule has 2 aromatic heterocycles. The van der Waals surface area contributed by atoms with Crippen LogP contribution in [0.4, 0.5) is 10.2 Å². The summed E-state index contributed by atoms with van der Waals surface area (Å²) in [7, 11) is 0. The molecule has 0 amide bonds. The second-order valence-corrected chi connectivity index (χ2v) is 5.41. The minimum Gasteiger partial charge on any atom is -0.487 e. The molecule has 3 rings (SSSR count). The van der Waals surface area contributed by atoms with E-state index in [-0.39, 0.29) is 6.10 Å². The van der Waals surface area contributed by atoms with Gasteiger partial charge in [0.25, 0.3) is 0 Å². The van der Waals surface area contributed by atoms with Crippen molar-refractivity contribution in [2.24, 2.45) is 0 Å². The highest BCUT2D eigenvalue weighted by Crippen LogP contribution is 2.24. The van der Waals surface area contributed by atoms with E-state index in [0.29, 0.717) is 17.4 Å². The SMILES string of the molecule is Fc1cc(Cl)cnc1N1CCCC(Oc2cccnc2)C1. The largest absolute Gasteiger partial charge is 0.487 e. The van der Waals surface area contributed by atoms with Gasteiger partial charge in [-0.25, -0.2) is 9.37 Å². The Balaban J connectivity index is 1.71. The average molecular weight is 308 g/mol.